The van der Waals surface area contributed by atoms with Gasteiger partial charge in [-0.2, -0.15) is 0 Å². The lowest BCUT2D eigenvalue weighted by Gasteiger charge is -2.37. The van der Waals surface area contributed by atoms with Gasteiger partial charge < -0.3 is 5.32 Å². The number of hydrogen-bond donors (Lipinski definition) is 1. The summed E-state index contributed by atoms with van der Waals surface area (Å²) in [4.78, 5) is 0. The van der Waals surface area contributed by atoms with E-state index < -0.39 is 10.0 Å². The first-order valence-corrected chi connectivity index (χ1v) is 9.96. The number of nitrogens with one attached hydrogen (secondary N) is 1. The monoisotopic (exact) mass is 324 g/mol. The summed E-state index contributed by atoms with van der Waals surface area (Å²) in [6, 6.07) is 11.4. The zero-order valence-electron chi connectivity index (χ0n) is 13.8. The number of benzene rings is 1. The Kier molecular flexibility index (Phi) is 6.01. The van der Waals surface area contributed by atoms with Crippen LogP contribution in [0, 0.1) is 5.92 Å². The van der Waals surface area contributed by atoms with Crippen molar-refractivity contribution in [3.8, 4) is 0 Å². The molecule has 124 valence electrons. The van der Waals surface area contributed by atoms with Crippen LogP contribution in [0.15, 0.2) is 30.3 Å². The maximum absolute atomic E-state index is 11.6. The largest absolute Gasteiger partial charge is 0.311 e. The molecule has 22 heavy (non-hydrogen) atoms. The standard InChI is InChI=1S/C17H28N2O2S/c1-14-13-19(22(3,20)21)12-11-17(14)18-15(2)9-10-16-7-5-4-6-8-16/h4-8,14-15,17-18H,9-13H2,1-3H3/t14-,15-,17+/m1/s1. The molecule has 0 bridgehead atoms. The molecule has 0 amide bonds. The highest BCUT2D eigenvalue weighted by Crippen LogP contribution is 2.20. The van der Waals surface area contributed by atoms with Crippen LogP contribution in [0.5, 0.6) is 0 Å². The van der Waals surface area contributed by atoms with Crippen LogP contribution >= 0.6 is 0 Å². The predicted molar refractivity (Wildman–Crippen MR) is 91.3 cm³/mol. The van der Waals surface area contributed by atoms with Crippen molar-refractivity contribution in [2.24, 2.45) is 5.92 Å². The molecule has 1 aliphatic heterocycles. The van der Waals surface area contributed by atoms with Crippen LogP contribution in [0.25, 0.3) is 0 Å². The Labute approximate surface area is 135 Å². The van der Waals surface area contributed by atoms with E-state index in [9.17, 15) is 8.42 Å². The van der Waals surface area contributed by atoms with Crippen molar-refractivity contribution in [3.63, 3.8) is 0 Å². The van der Waals surface area contributed by atoms with Gasteiger partial charge in [0.1, 0.15) is 0 Å². The normalized spacial score (nSPS) is 25.0. The van der Waals surface area contributed by atoms with Crippen LogP contribution in [-0.2, 0) is 16.4 Å². The molecule has 4 nitrogen and oxygen atoms in total. The van der Waals surface area contributed by atoms with E-state index in [1.165, 1.54) is 11.8 Å². The molecular formula is C17H28N2O2S. The summed E-state index contributed by atoms with van der Waals surface area (Å²) < 4.78 is 24.9. The Morgan fingerprint density at radius 3 is 2.59 bits per heavy atom. The van der Waals surface area contributed by atoms with Crippen LogP contribution in [0.1, 0.15) is 32.3 Å². The molecule has 1 aliphatic rings. The molecule has 5 heteroatoms. The minimum atomic E-state index is -3.05. The van der Waals surface area contributed by atoms with E-state index in [0.29, 0.717) is 31.1 Å². The van der Waals surface area contributed by atoms with Crippen molar-refractivity contribution >= 4 is 10.0 Å². The minimum Gasteiger partial charge on any atom is -0.311 e. The zero-order valence-corrected chi connectivity index (χ0v) is 14.6. The quantitative estimate of drug-likeness (QED) is 0.873. The van der Waals surface area contributed by atoms with E-state index >= 15 is 0 Å². The average Bonchev–Trinajstić information content (AvgIpc) is 2.47. The molecule has 1 saturated heterocycles. The fourth-order valence-corrected chi connectivity index (χ4v) is 4.08. The van der Waals surface area contributed by atoms with Crippen LogP contribution < -0.4 is 5.32 Å². The Bertz CT molecular complexity index is 559. The molecule has 1 aromatic rings. The highest BCUT2D eigenvalue weighted by Gasteiger charge is 2.30. The smallest absolute Gasteiger partial charge is 0.211 e. The second-order valence-corrected chi connectivity index (χ2v) is 8.57. The van der Waals surface area contributed by atoms with Crippen molar-refractivity contribution in [2.45, 2.75) is 45.2 Å². The fraction of sp³-hybridized carbons (Fsp3) is 0.647. The first kappa shape index (κ1) is 17.4. The van der Waals surface area contributed by atoms with Crippen molar-refractivity contribution < 1.29 is 8.42 Å². The summed E-state index contributed by atoms with van der Waals surface area (Å²) in [6.07, 6.45) is 4.37. The molecule has 0 unspecified atom stereocenters. The summed E-state index contributed by atoms with van der Waals surface area (Å²) >= 11 is 0. The van der Waals surface area contributed by atoms with Crippen molar-refractivity contribution in [3.05, 3.63) is 35.9 Å². The van der Waals surface area contributed by atoms with E-state index in [0.717, 1.165) is 19.3 Å². The van der Waals surface area contributed by atoms with Gasteiger partial charge in [-0.15, -0.1) is 0 Å². The number of aryl methyl sites for hydroxylation is 1. The van der Waals surface area contributed by atoms with E-state index in [4.69, 9.17) is 0 Å². The van der Waals surface area contributed by atoms with Crippen molar-refractivity contribution in [1.29, 1.82) is 0 Å². The Morgan fingerprint density at radius 1 is 1.32 bits per heavy atom. The molecule has 0 spiro atoms. The van der Waals surface area contributed by atoms with Gasteiger partial charge >= 0.3 is 0 Å². The van der Waals surface area contributed by atoms with Crippen LogP contribution in [0.3, 0.4) is 0 Å². The van der Waals surface area contributed by atoms with Gasteiger partial charge in [-0.1, -0.05) is 37.3 Å². The van der Waals surface area contributed by atoms with Crippen LogP contribution in [0.2, 0.25) is 0 Å². The summed E-state index contributed by atoms with van der Waals surface area (Å²) in [5, 5.41) is 3.69. The van der Waals surface area contributed by atoms with Gasteiger partial charge in [0.2, 0.25) is 10.0 Å². The van der Waals surface area contributed by atoms with E-state index in [1.807, 2.05) is 6.07 Å². The number of sulfonamides is 1. The molecule has 1 heterocycles. The van der Waals surface area contributed by atoms with E-state index in [2.05, 4.69) is 43.4 Å². The number of nitrogens with zero attached hydrogens (tertiary/aromatic N) is 1. The SMILES string of the molecule is C[C@H](CCc1ccccc1)N[C@H]1CCN(S(C)(=O)=O)C[C@H]1C. The minimum absolute atomic E-state index is 0.350. The third-order valence-electron chi connectivity index (χ3n) is 4.54. The molecule has 1 N–H and O–H groups in total. The molecule has 0 aromatic heterocycles. The summed E-state index contributed by atoms with van der Waals surface area (Å²) in [5.74, 6) is 0.350. The number of rotatable bonds is 6. The summed E-state index contributed by atoms with van der Waals surface area (Å²) in [5.41, 5.74) is 1.37. The molecule has 0 radical (unpaired) electrons. The summed E-state index contributed by atoms with van der Waals surface area (Å²) in [6.45, 7) is 5.62. The predicted octanol–water partition coefficient (Wildman–Crippen LogP) is 2.27. The highest BCUT2D eigenvalue weighted by molar-refractivity contribution is 7.88. The zero-order chi connectivity index (χ0) is 16.2. The fourth-order valence-electron chi connectivity index (χ4n) is 3.13. The lowest BCUT2D eigenvalue weighted by Crippen LogP contribution is -2.51. The maximum Gasteiger partial charge on any atom is 0.211 e. The van der Waals surface area contributed by atoms with E-state index in [-0.39, 0.29) is 0 Å². The lowest BCUT2D eigenvalue weighted by atomic mass is 9.94. The molecule has 0 aliphatic carbocycles. The van der Waals surface area contributed by atoms with Gasteiger partial charge in [0, 0.05) is 25.2 Å². The first-order valence-electron chi connectivity index (χ1n) is 8.11. The lowest BCUT2D eigenvalue weighted by molar-refractivity contribution is 0.208. The molecule has 3 atom stereocenters. The van der Waals surface area contributed by atoms with Crippen molar-refractivity contribution in [2.75, 3.05) is 19.3 Å². The summed E-state index contributed by atoms with van der Waals surface area (Å²) in [7, 11) is -3.05. The van der Waals surface area contributed by atoms with Crippen LogP contribution in [0.4, 0.5) is 0 Å². The third kappa shape index (κ3) is 5.07. The molecule has 1 fully saturated rings. The topological polar surface area (TPSA) is 49.4 Å². The van der Waals surface area contributed by atoms with Crippen LogP contribution in [-0.4, -0.2) is 44.2 Å². The second kappa shape index (κ2) is 7.57. The Morgan fingerprint density at radius 2 is 2.00 bits per heavy atom. The third-order valence-corrected chi connectivity index (χ3v) is 5.81. The van der Waals surface area contributed by atoms with Gasteiger partial charge in [0.05, 0.1) is 6.26 Å². The van der Waals surface area contributed by atoms with Gasteiger partial charge in [-0.3, -0.25) is 0 Å². The number of hydrogen-bond acceptors (Lipinski definition) is 3. The second-order valence-electron chi connectivity index (χ2n) is 6.59. The average molecular weight is 324 g/mol. The van der Waals surface area contributed by atoms with Crippen molar-refractivity contribution in [1.82, 2.24) is 9.62 Å². The van der Waals surface area contributed by atoms with Gasteiger partial charge in [0.15, 0.2) is 0 Å². The first-order chi connectivity index (χ1) is 10.4. The molecule has 2 rings (SSSR count). The Hall–Kier alpha value is -0.910. The molecule has 1 aromatic carbocycles. The Balaban J connectivity index is 1.79. The number of piperidine rings is 1. The van der Waals surface area contributed by atoms with Gasteiger partial charge in [-0.25, -0.2) is 12.7 Å². The van der Waals surface area contributed by atoms with E-state index in [1.54, 1.807) is 4.31 Å². The van der Waals surface area contributed by atoms with Gasteiger partial charge in [-0.05, 0) is 37.7 Å². The van der Waals surface area contributed by atoms with Gasteiger partial charge in [0.25, 0.3) is 0 Å². The molecular weight excluding hydrogens is 296 g/mol. The highest BCUT2D eigenvalue weighted by atomic mass is 32.2. The maximum atomic E-state index is 11.6. The molecule has 0 saturated carbocycles.